The maximum Gasteiger partial charge on any atom is 0.229 e. The van der Waals surface area contributed by atoms with Crippen molar-refractivity contribution in [3.05, 3.63) is 35.9 Å². The van der Waals surface area contributed by atoms with Gasteiger partial charge in [-0.05, 0) is 24.8 Å². The summed E-state index contributed by atoms with van der Waals surface area (Å²) in [5, 5.41) is 0. The number of ether oxygens (including phenoxy) is 2. The smallest absolute Gasteiger partial charge is 0.229 e. The second-order valence-corrected chi connectivity index (χ2v) is 6.85. The van der Waals surface area contributed by atoms with E-state index in [4.69, 9.17) is 9.47 Å². The lowest BCUT2D eigenvalue weighted by Gasteiger charge is -2.40. The van der Waals surface area contributed by atoms with Crippen LogP contribution in [0, 0.1) is 5.41 Å². The molecule has 0 aromatic heterocycles. The molecule has 0 atom stereocenters. The first-order valence-electron chi connectivity index (χ1n) is 8.33. The third kappa shape index (κ3) is 2.34. The summed E-state index contributed by atoms with van der Waals surface area (Å²) < 4.78 is 11.6. The molecule has 1 aliphatic carbocycles. The summed E-state index contributed by atoms with van der Waals surface area (Å²) in [7, 11) is 0. The average Bonchev–Trinajstić information content (AvgIpc) is 3.13. The maximum absolute atomic E-state index is 12.9. The van der Waals surface area contributed by atoms with Gasteiger partial charge in [0.1, 0.15) is 0 Å². The molecule has 0 bridgehead atoms. The van der Waals surface area contributed by atoms with Crippen molar-refractivity contribution in [2.45, 2.75) is 44.4 Å². The van der Waals surface area contributed by atoms with E-state index in [-0.39, 0.29) is 11.2 Å². The van der Waals surface area contributed by atoms with Gasteiger partial charge in [0.2, 0.25) is 5.91 Å². The molecule has 2 heterocycles. The summed E-state index contributed by atoms with van der Waals surface area (Å²) in [5.74, 6) is -0.0394. The highest BCUT2D eigenvalue weighted by molar-refractivity contribution is 5.85. The molecule has 2 spiro atoms. The lowest BCUT2D eigenvalue weighted by atomic mass is 9.71. The first kappa shape index (κ1) is 14.2. The minimum Gasteiger partial charge on any atom is -0.348 e. The van der Waals surface area contributed by atoms with Crippen LogP contribution in [0.4, 0.5) is 0 Å². The molecule has 1 amide bonds. The van der Waals surface area contributed by atoms with E-state index in [0.29, 0.717) is 19.1 Å². The molecule has 4 nitrogen and oxygen atoms in total. The highest BCUT2D eigenvalue weighted by atomic mass is 16.7. The predicted octanol–water partition coefficient (Wildman–Crippen LogP) is 2.72. The van der Waals surface area contributed by atoms with Crippen LogP contribution in [0.15, 0.2) is 30.3 Å². The van der Waals surface area contributed by atoms with E-state index < -0.39 is 0 Å². The monoisotopic (exact) mass is 301 g/mol. The first-order chi connectivity index (χ1) is 10.7. The second-order valence-electron chi connectivity index (χ2n) is 6.85. The summed E-state index contributed by atoms with van der Waals surface area (Å²) in [6, 6.07) is 10.3. The molecule has 0 radical (unpaired) electrons. The van der Waals surface area contributed by atoms with E-state index in [9.17, 15) is 4.79 Å². The van der Waals surface area contributed by atoms with Gasteiger partial charge in [-0.1, -0.05) is 30.3 Å². The fourth-order valence-electron chi connectivity index (χ4n) is 4.21. The second kappa shape index (κ2) is 5.36. The van der Waals surface area contributed by atoms with E-state index in [1.165, 1.54) is 5.56 Å². The van der Waals surface area contributed by atoms with Crippen molar-refractivity contribution in [2.24, 2.45) is 5.41 Å². The van der Waals surface area contributed by atoms with E-state index in [0.717, 1.165) is 45.2 Å². The number of benzene rings is 1. The van der Waals surface area contributed by atoms with Crippen molar-refractivity contribution >= 4 is 5.91 Å². The number of hydrogen-bond donors (Lipinski definition) is 0. The third-order valence-electron chi connectivity index (χ3n) is 5.60. The number of carbonyl (C=O) groups excluding carboxylic acids is 1. The predicted molar refractivity (Wildman–Crippen MR) is 82.0 cm³/mol. The van der Waals surface area contributed by atoms with E-state index in [1.54, 1.807) is 0 Å². The zero-order chi connectivity index (χ0) is 15.0. The molecular formula is C18H23NO3. The van der Waals surface area contributed by atoms with Gasteiger partial charge in [-0.3, -0.25) is 4.79 Å². The molecule has 0 unspecified atom stereocenters. The highest BCUT2D eigenvalue weighted by Gasteiger charge is 2.53. The molecular weight excluding hydrogens is 278 g/mol. The van der Waals surface area contributed by atoms with Gasteiger partial charge in [0.15, 0.2) is 5.79 Å². The van der Waals surface area contributed by atoms with Gasteiger partial charge in [0, 0.05) is 25.9 Å². The number of nitrogens with zero attached hydrogens (tertiary/aromatic N) is 1. The highest BCUT2D eigenvalue weighted by Crippen LogP contribution is 2.50. The Morgan fingerprint density at radius 3 is 2.32 bits per heavy atom. The molecule has 4 heteroatoms. The topological polar surface area (TPSA) is 38.8 Å². The van der Waals surface area contributed by atoms with Crippen LogP contribution in [0.3, 0.4) is 0 Å². The third-order valence-corrected chi connectivity index (χ3v) is 5.60. The van der Waals surface area contributed by atoms with Crippen LogP contribution in [-0.2, 0) is 20.8 Å². The summed E-state index contributed by atoms with van der Waals surface area (Å²) in [4.78, 5) is 15.0. The molecule has 2 aliphatic heterocycles. The van der Waals surface area contributed by atoms with Crippen molar-refractivity contribution in [3.63, 3.8) is 0 Å². The first-order valence-corrected chi connectivity index (χ1v) is 8.33. The van der Waals surface area contributed by atoms with Crippen molar-refractivity contribution in [3.8, 4) is 0 Å². The molecule has 1 aromatic rings. The number of hydrogen-bond acceptors (Lipinski definition) is 3. The molecule has 22 heavy (non-hydrogen) atoms. The van der Waals surface area contributed by atoms with Gasteiger partial charge in [-0.2, -0.15) is 0 Å². The minimum absolute atomic E-state index is 0.157. The molecule has 4 rings (SSSR count). The standard InChI is InChI=1S/C18H23NO3/c20-16-17(6-8-18(9-7-17)21-12-13-22-18)10-11-19(16)14-15-4-2-1-3-5-15/h1-5H,6-14H2. The fraction of sp³-hybridized carbons (Fsp3) is 0.611. The summed E-state index contributed by atoms with van der Waals surface area (Å²) in [6.45, 7) is 3.00. The van der Waals surface area contributed by atoms with Crippen LogP contribution in [0.2, 0.25) is 0 Å². The zero-order valence-corrected chi connectivity index (χ0v) is 12.9. The van der Waals surface area contributed by atoms with Crippen LogP contribution in [0.1, 0.15) is 37.7 Å². The molecule has 1 aromatic carbocycles. The molecule has 3 fully saturated rings. The number of carbonyl (C=O) groups is 1. The number of rotatable bonds is 2. The maximum atomic E-state index is 12.9. The molecule has 2 saturated heterocycles. The SMILES string of the molecule is O=C1N(Cc2ccccc2)CCC12CCC1(CC2)OCCO1. The van der Waals surface area contributed by atoms with Crippen LogP contribution in [0.25, 0.3) is 0 Å². The summed E-state index contributed by atoms with van der Waals surface area (Å²) in [6.07, 6.45) is 4.50. The Bertz CT molecular complexity index is 541. The van der Waals surface area contributed by atoms with Gasteiger partial charge in [-0.15, -0.1) is 0 Å². The van der Waals surface area contributed by atoms with Crippen molar-refractivity contribution in [1.82, 2.24) is 4.90 Å². The average molecular weight is 301 g/mol. The summed E-state index contributed by atoms with van der Waals surface area (Å²) >= 11 is 0. The molecule has 0 N–H and O–H groups in total. The zero-order valence-electron chi connectivity index (χ0n) is 12.9. The number of amides is 1. The quantitative estimate of drug-likeness (QED) is 0.843. The van der Waals surface area contributed by atoms with Crippen LogP contribution < -0.4 is 0 Å². The Kier molecular flexibility index (Phi) is 3.46. The lowest BCUT2D eigenvalue weighted by Crippen LogP contribution is -2.43. The van der Waals surface area contributed by atoms with Crippen LogP contribution in [-0.4, -0.2) is 36.4 Å². The van der Waals surface area contributed by atoms with Gasteiger partial charge in [0.05, 0.1) is 18.6 Å². The molecule has 3 aliphatic rings. The van der Waals surface area contributed by atoms with Crippen LogP contribution >= 0.6 is 0 Å². The molecule has 118 valence electrons. The van der Waals surface area contributed by atoms with E-state index >= 15 is 0 Å². The normalized spacial score (nSPS) is 26.2. The van der Waals surface area contributed by atoms with Gasteiger partial charge in [0.25, 0.3) is 0 Å². The Hall–Kier alpha value is -1.39. The van der Waals surface area contributed by atoms with E-state index in [2.05, 4.69) is 12.1 Å². The van der Waals surface area contributed by atoms with Crippen molar-refractivity contribution < 1.29 is 14.3 Å². The lowest BCUT2D eigenvalue weighted by molar-refractivity contribution is -0.192. The van der Waals surface area contributed by atoms with Crippen molar-refractivity contribution in [2.75, 3.05) is 19.8 Å². The minimum atomic E-state index is -0.377. The fourth-order valence-corrected chi connectivity index (χ4v) is 4.21. The Balaban J connectivity index is 1.43. The van der Waals surface area contributed by atoms with Gasteiger partial charge < -0.3 is 14.4 Å². The van der Waals surface area contributed by atoms with E-state index in [1.807, 2.05) is 23.1 Å². The van der Waals surface area contributed by atoms with Crippen molar-refractivity contribution in [1.29, 1.82) is 0 Å². The number of likely N-dealkylation sites (tertiary alicyclic amines) is 1. The Morgan fingerprint density at radius 2 is 1.64 bits per heavy atom. The summed E-state index contributed by atoms with van der Waals surface area (Å²) in [5.41, 5.74) is 1.05. The largest absolute Gasteiger partial charge is 0.348 e. The van der Waals surface area contributed by atoms with Crippen LogP contribution in [0.5, 0.6) is 0 Å². The molecule has 1 saturated carbocycles. The Labute approximate surface area is 131 Å². The van der Waals surface area contributed by atoms with Gasteiger partial charge >= 0.3 is 0 Å². The Morgan fingerprint density at radius 1 is 0.955 bits per heavy atom. The van der Waals surface area contributed by atoms with Gasteiger partial charge in [-0.25, -0.2) is 0 Å².